The SMILES string of the molecule is C=C(/C(C)=C/C)C(C=C(CCC)C(=C/C)/C(F)=C\CC)CC. The fraction of sp³-hybridized carbons (Fsp3) is 0.524. The van der Waals surface area contributed by atoms with Crippen LogP contribution in [-0.2, 0) is 0 Å². The van der Waals surface area contributed by atoms with Crippen molar-refractivity contribution in [3.63, 3.8) is 0 Å². The fourth-order valence-corrected chi connectivity index (χ4v) is 2.53. The van der Waals surface area contributed by atoms with Crippen LogP contribution >= 0.6 is 0 Å². The summed E-state index contributed by atoms with van der Waals surface area (Å²) in [6, 6.07) is 0. The normalized spacial score (nSPS) is 16.0. The molecule has 0 fully saturated rings. The molecule has 0 aliphatic heterocycles. The second-order valence-corrected chi connectivity index (χ2v) is 5.62. The smallest absolute Gasteiger partial charge is 0.126 e. The summed E-state index contributed by atoms with van der Waals surface area (Å²) in [5.41, 5.74) is 4.19. The molecule has 0 saturated heterocycles. The molecule has 0 amide bonds. The topological polar surface area (TPSA) is 0 Å². The van der Waals surface area contributed by atoms with E-state index in [9.17, 15) is 4.39 Å². The van der Waals surface area contributed by atoms with Crippen molar-refractivity contribution in [3.05, 3.63) is 59.0 Å². The molecule has 0 saturated carbocycles. The molecule has 0 aliphatic carbocycles. The van der Waals surface area contributed by atoms with Gasteiger partial charge in [0.1, 0.15) is 5.83 Å². The summed E-state index contributed by atoms with van der Waals surface area (Å²) in [7, 11) is 0. The molecule has 0 aliphatic rings. The van der Waals surface area contributed by atoms with Crippen LogP contribution in [0.2, 0.25) is 0 Å². The van der Waals surface area contributed by atoms with Crippen LogP contribution in [0.5, 0.6) is 0 Å². The zero-order valence-corrected chi connectivity index (χ0v) is 15.3. The molecule has 0 radical (unpaired) electrons. The Balaban J connectivity index is 5.71. The van der Waals surface area contributed by atoms with Gasteiger partial charge < -0.3 is 0 Å². The first-order chi connectivity index (χ1) is 10.5. The molecule has 0 aromatic rings. The van der Waals surface area contributed by atoms with E-state index in [4.69, 9.17) is 0 Å². The van der Waals surface area contributed by atoms with Crippen LogP contribution in [0.1, 0.15) is 67.2 Å². The summed E-state index contributed by atoms with van der Waals surface area (Å²) in [5, 5.41) is 0. The van der Waals surface area contributed by atoms with Crippen LogP contribution in [0.15, 0.2) is 59.0 Å². The van der Waals surface area contributed by atoms with Crippen molar-refractivity contribution in [3.8, 4) is 0 Å². The second kappa shape index (κ2) is 11.2. The second-order valence-electron chi connectivity index (χ2n) is 5.62. The maximum Gasteiger partial charge on any atom is 0.126 e. The lowest BCUT2D eigenvalue weighted by atomic mass is 9.87. The van der Waals surface area contributed by atoms with Gasteiger partial charge in [0.25, 0.3) is 0 Å². The average Bonchev–Trinajstić information content (AvgIpc) is 2.51. The molecule has 0 aromatic heterocycles. The summed E-state index contributed by atoms with van der Waals surface area (Å²) in [6.45, 7) is 16.5. The van der Waals surface area contributed by atoms with Crippen LogP contribution in [0, 0.1) is 5.92 Å². The van der Waals surface area contributed by atoms with Gasteiger partial charge in [0.2, 0.25) is 0 Å². The minimum atomic E-state index is -0.104. The van der Waals surface area contributed by atoms with E-state index in [0.29, 0.717) is 6.42 Å². The molecule has 0 rings (SSSR count). The Kier molecular flexibility index (Phi) is 10.5. The van der Waals surface area contributed by atoms with Gasteiger partial charge in [-0.1, -0.05) is 57.6 Å². The van der Waals surface area contributed by atoms with E-state index in [2.05, 4.69) is 39.5 Å². The highest BCUT2D eigenvalue weighted by Gasteiger charge is 2.14. The molecular weight excluding hydrogens is 271 g/mol. The zero-order valence-electron chi connectivity index (χ0n) is 15.3. The van der Waals surface area contributed by atoms with Crippen LogP contribution in [0.4, 0.5) is 4.39 Å². The van der Waals surface area contributed by atoms with Gasteiger partial charge >= 0.3 is 0 Å². The summed E-state index contributed by atoms with van der Waals surface area (Å²) >= 11 is 0. The van der Waals surface area contributed by atoms with Crippen molar-refractivity contribution in [2.24, 2.45) is 5.92 Å². The summed E-state index contributed by atoms with van der Waals surface area (Å²) in [5.74, 6) is 0.162. The number of hydrogen-bond donors (Lipinski definition) is 0. The van der Waals surface area contributed by atoms with E-state index in [-0.39, 0.29) is 11.7 Å². The monoisotopic (exact) mass is 304 g/mol. The lowest BCUT2D eigenvalue weighted by Crippen LogP contribution is -2.03. The first-order valence-electron chi connectivity index (χ1n) is 8.52. The Morgan fingerprint density at radius 1 is 1.14 bits per heavy atom. The van der Waals surface area contributed by atoms with Crippen LogP contribution in [0.3, 0.4) is 0 Å². The first kappa shape index (κ1) is 20.6. The highest BCUT2D eigenvalue weighted by atomic mass is 19.1. The molecule has 1 atom stereocenters. The third-order valence-electron chi connectivity index (χ3n) is 4.02. The van der Waals surface area contributed by atoms with Gasteiger partial charge in [-0.2, -0.15) is 0 Å². The molecule has 1 heteroatoms. The van der Waals surface area contributed by atoms with E-state index >= 15 is 0 Å². The molecular formula is C21H33F. The van der Waals surface area contributed by atoms with Crippen molar-refractivity contribution in [1.82, 2.24) is 0 Å². The average molecular weight is 304 g/mol. The Labute approximate surface area is 137 Å². The molecule has 124 valence electrons. The highest BCUT2D eigenvalue weighted by molar-refractivity contribution is 5.45. The maximum absolute atomic E-state index is 14.3. The molecule has 0 aromatic carbocycles. The van der Waals surface area contributed by atoms with E-state index < -0.39 is 0 Å². The standard InChI is InChI=1S/C21H33F/c1-8-13-19(20(12-5)21(22)14-9-2)15-18(11-4)17(7)16(6)10-3/h10,12,14-15,18H,7-9,11,13H2,1-6H3/b16-10+,19-15?,20-12-,21-14+. The molecule has 0 spiro atoms. The van der Waals surface area contributed by atoms with Gasteiger partial charge in [-0.05, 0) is 57.3 Å². The Morgan fingerprint density at radius 2 is 1.77 bits per heavy atom. The lowest BCUT2D eigenvalue weighted by molar-refractivity contribution is 0.641. The summed E-state index contributed by atoms with van der Waals surface area (Å²) in [6.07, 6.45) is 11.4. The molecule has 22 heavy (non-hydrogen) atoms. The maximum atomic E-state index is 14.3. The minimum absolute atomic E-state index is 0.104. The van der Waals surface area contributed by atoms with Crippen molar-refractivity contribution in [2.45, 2.75) is 67.2 Å². The third-order valence-corrected chi connectivity index (χ3v) is 4.02. The fourth-order valence-electron chi connectivity index (χ4n) is 2.53. The minimum Gasteiger partial charge on any atom is -0.207 e. The summed E-state index contributed by atoms with van der Waals surface area (Å²) < 4.78 is 14.3. The largest absolute Gasteiger partial charge is 0.207 e. The number of allylic oxidation sites excluding steroid dienone is 9. The highest BCUT2D eigenvalue weighted by Crippen LogP contribution is 2.30. The lowest BCUT2D eigenvalue weighted by Gasteiger charge is -2.18. The van der Waals surface area contributed by atoms with Gasteiger partial charge in [0, 0.05) is 11.5 Å². The van der Waals surface area contributed by atoms with E-state index in [1.807, 2.05) is 26.8 Å². The molecule has 0 N–H and O–H groups in total. The predicted octanol–water partition coefficient (Wildman–Crippen LogP) is 7.47. The van der Waals surface area contributed by atoms with Crippen molar-refractivity contribution < 1.29 is 4.39 Å². The van der Waals surface area contributed by atoms with Crippen molar-refractivity contribution in [2.75, 3.05) is 0 Å². The van der Waals surface area contributed by atoms with E-state index in [1.165, 1.54) is 5.57 Å². The number of halogens is 1. The Hall–Kier alpha value is -1.37. The van der Waals surface area contributed by atoms with Crippen LogP contribution in [-0.4, -0.2) is 0 Å². The Bertz CT molecular complexity index is 472. The molecule has 0 nitrogen and oxygen atoms in total. The number of rotatable bonds is 9. The summed E-state index contributed by atoms with van der Waals surface area (Å²) in [4.78, 5) is 0. The van der Waals surface area contributed by atoms with Gasteiger partial charge in [-0.3, -0.25) is 0 Å². The first-order valence-corrected chi connectivity index (χ1v) is 8.52. The molecule has 1 unspecified atom stereocenters. The van der Waals surface area contributed by atoms with Crippen LogP contribution in [0.25, 0.3) is 0 Å². The van der Waals surface area contributed by atoms with Gasteiger partial charge in [0.05, 0.1) is 0 Å². The van der Waals surface area contributed by atoms with Crippen LogP contribution < -0.4 is 0 Å². The van der Waals surface area contributed by atoms with Gasteiger partial charge in [-0.15, -0.1) is 0 Å². The van der Waals surface area contributed by atoms with Gasteiger partial charge in [0.15, 0.2) is 0 Å². The molecule has 0 bridgehead atoms. The third kappa shape index (κ3) is 6.17. The van der Waals surface area contributed by atoms with E-state index in [1.54, 1.807) is 6.08 Å². The number of hydrogen-bond acceptors (Lipinski definition) is 0. The van der Waals surface area contributed by atoms with E-state index in [0.717, 1.165) is 36.0 Å². The van der Waals surface area contributed by atoms with Crippen molar-refractivity contribution >= 4 is 0 Å². The van der Waals surface area contributed by atoms with Crippen molar-refractivity contribution in [1.29, 1.82) is 0 Å². The Morgan fingerprint density at radius 3 is 2.18 bits per heavy atom. The zero-order chi connectivity index (χ0) is 17.1. The molecule has 0 heterocycles. The quantitative estimate of drug-likeness (QED) is 0.387. The predicted molar refractivity (Wildman–Crippen MR) is 98.6 cm³/mol. The van der Waals surface area contributed by atoms with Gasteiger partial charge in [-0.25, -0.2) is 4.39 Å².